The lowest BCUT2D eigenvalue weighted by Crippen LogP contribution is -2.40. The van der Waals surface area contributed by atoms with Crippen LogP contribution in [0.3, 0.4) is 0 Å². The Kier molecular flexibility index (Phi) is 3.66. The number of carbonyl (C=O) groups is 1. The maximum atomic E-state index is 10.5. The molecule has 0 aromatic rings. The zero-order valence-corrected chi connectivity index (χ0v) is 9.91. The fraction of sp³-hybridized carbons (Fsp3) is 0.909. The van der Waals surface area contributed by atoms with Crippen molar-refractivity contribution in [1.29, 1.82) is 0 Å². The maximum absolute atomic E-state index is 10.5. The summed E-state index contributed by atoms with van der Waals surface area (Å²) in [5.74, 6) is 0. The minimum atomic E-state index is -0.443. The van der Waals surface area contributed by atoms with Gasteiger partial charge in [0.2, 0.25) is 0 Å². The van der Waals surface area contributed by atoms with E-state index in [1.54, 1.807) is 0 Å². The van der Waals surface area contributed by atoms with Crippen LogP contribution in [0.25, 0.3) is 0 Å². The summed E-state index contributed by atoms with van der Waals surface area (Å²) >= 11 is 0. The summed E-state index contributed by atoms with van der Waals surface area (Å²) in [6.07, 6.45) is 3.97. The Bertz CT molecular complexity index is 254. The summed E-state index contributed by atoms with van der Waals surface area (Å²) in [6, 6.07) is 1.69. The summed E-state index contributed by atoms with van der Waals surface area (Å²) in [7, 11) is 0. The van der Waals surface area contributed by atoms with E-state index in [0.29, 0.717) is 18.6 Å². The average molecular weight is 226 g/mol. The van der Waals surface area contributed by atoms with Gasteiger partial charge in [0.15, 0.2) is 0 Å². The molecule has 1 aliphatic heterocycles. The molecule has 2 atom stereocenters. The number of carbonyl (C=O) groups excluding carboxylic acids is 1. The Hall–Kier alpha value is -0.810. The van der Waals surface area contributed by atoms with Gasteiger partial charge in [-0.1, -0.05) is 0 Å². The van der Waals surface area contributed by atoms with E-state index < -0.39 is 6.03 Å². The van der Waals surface area contributed by atoms with Crippen LogP contribution in [0.15, 0.2) is 0 Å². The van der Waals surface area contributed by atoms with Crippen LogP contribution in [0.4, 0.5) is 4.79 Å². The van der Waals surface area contributed by atoms with Gasteiger partial charge in [0, 0.05) is 37.8 Å². The Balaban J connectivity index is 1.62. The van der Waals surface area contributed by atoms with Gasteiger partial charge in [-0.15, -0.1) is 0 Å². The van der Waals surface area contributed by atoms with Gasteiger partial charge in [0.25, 0.3) is 0 Å². The van der Waals surface area contributed by atoms with Crippen LogP contribution in [0.2, 0.25) is 0 Å². The third kappa shape index (κ3) is 3.09. The zero-order valence-electron chi connectivity index (χ0n) is 9.91. The first-order valence-electron chi connectivity index (χ1n) is 6.19. The van der Waals surface area contributed by atoms with Crippen molar-refractivity contribution >= 4 is 6.03 Å². The first kappa shape index (κ1) is 11.7. The van der Waals surface area contributed by atoms with Crippen LogP contribution in [0.5, 0.6) is 0 Å². The molecule has 0 radical (unpaired) electrons. The molecule has 5 heteroatoms. The molecule has 0 bridgehead atoms. The van der Waals surface area contributed by atoms with Crippen molar-refractivity contribution in [2.75, 3.05) is 19.6 Å². The third-order valence-corrected chi connectivity index (χ3v) is 3.50. The zero-order chi connectivity index (χ0) is 11.5. The second-order valence-electron chi connectivity index (χ2n) is 4.95. The van der Waals surface area contributed by atoms with Crippen molar-refractivity contribution in [2.24, 2.45) is 5.73 Å². The van der Waals surface area contributed by atoms with Gasteiger partial charge < -0.3 is 16.4 Å². The Morgan fingerprint density at radius 2 is 2.19 bits per heavy atom. The second kappa shape index (κ2) is 5.01. The Morgan fingerprint density at radius 3 is 2.81 bits per heavy atom. The topological polar surface area (TPSA) is 70.4 Å². The molecule has 1 saturated carbocycles. The fourth-order valence-electron chi connectivity index (χ4n) is 2.58. The SMILES string of the molecule is CC1CC(NCCNC(N)=O)CN1C1CC1. The molecule has 4 N–H and O–H groups in total. The first-order valence-corrected chi connectivity index (χ1v) is 6.19. The highest BCUT2D eigenvalue weighted by molar-refractivity contribution is 5.71. The van der Waals surface area contributed by atoms with Gasteiger partial charge in [-0.05, 0) is 26.2 Å². The molecule has 1 aliphatic carbocycles. The van der Waals surface area contributed by atoms with Crippen molar-refractivity contribution in [1.82, 2.24) is 15.5 Å². The Morgan fingerprint density at radius 1 is 1.44 bits per heavy atom. The quantitative estimate of drug-likeness (QED) is 0.572. The highest BCUT2D eigenvalue weighted by atomic mass is 16.2. The molecule has 1 saturated heterocycles. The molecular formula is C11H22N4O. The number of nitrogens with zero attached hydrogens (tertiary/aromatic N) is 1. The molecule has 16 heavy (non-hydrogen) atoms. The van der Waals surface area contributed by atoms with Gasteiger partial charge >= 0.3 is 6.03 Å². The van der Waals surface area contributed by atoms with E-state index >= 15 is 0 Å². The lowest BCUT2D eigenvalue weighted by Gasteiger charge is -2.19. The molecule has 0 spiro atoms. The Labute approximate surface area is 96.7 Å². The average Bonchev–Trinajstić information content (AvgIpc) is 2.98. The largest absolute Gasteiger partial charge is 0.352 e. The number of primary amides is 1. The molecule has 1 heterocycles. The highest BCUT2D eigenvalue weighted by Crippen LogP contribution is 2.33. The van der Waals surface area contributed by atoms with Gasteiger partial charge in [-0.3, -0.25) is 4.90 Å². The predicted molar refractivity (Wildman–Crippen MR) is 63.2 cm³/mol. The lowest BCUT2D eigenvalue weighted by molar-refractivity contribution is 0.248. The number of hydrogen-bond donors (Lipinski definition) is 3. The van der Waals surface area contributed by atoms with Crippen molar-refractivity contribution in [3.8, 4) is 0 Å². The lowest BCUT2D eigenvalue weighted by atomic mass is 10.2. The fourth-order valence-corrected chi connectivity index (χ4v) is 2.58. The molecule has 2 amide bonds. The minimum Gasteiger partial charge on any atom is -0.352 e. The number of hydrogen-bond acceptors (Lipinski definition) is 3. The summed E-state index contributed by atoms with van der Waals surface area (Å²) in [4.78, 5) is 13.1. The number of nitrogens with two attached hydrogens (primary N) is 1. The normalized spacial score (nSPS) is 30.6. The molecule has 5 nitrogen and oxygen atoms in total. The molecule has 2 fully saturated rings. The number of nitrogens with one attached hydrogen (secondary N) is 2. The molecule has 2 unspecified atom stereocenters. The van der Waals surface area contributed by atoms with Gasteiger partial charge in [0.1, 0.15) is 0 Å². The summed E-state index contributed by atoms with van der Waals surface area (Å²) < 4.78 is 0. The van der Waals surface area contributed by atoms with Crippen molar-refractivity contribution < 1.29 is 4.79 Å². The van der Waals surface area contributed by atoms with E-state index in [9.17, 15) is 4.79 Å². The van der Waals surface area contributed by atoms with Crippen LogP contribution in [0, 0.1) is 0 Å². The standard InChI is InChI=1S/C11H22N4O/c1-8-6-9(7-15(8)10-2-3-10)13-4-5-14-11(12)16/h8-10,13H,2-7H2,1H3,(H3,12,14,16). The van der Waals surface area contributed by atoms with Crippen molar-refractivity contribution in [2.45, 2.75) is 44.3 Å². The van der Waals surface area contributed by atoms with Crippen LogP contribution in [0.1, 0.15) is 26.2 Å². The summed E-state index contributed by atoms with van der Waals surface area (Å²) in [6.45, 7) is 4.88. The van der Waals surface area contributed by atoms with Crippen molar-refractivity contribution in [3.05, 3.63) is 0 Å². The molecule has 2 rings (SSSR count). The first-order chi connectivity index (χ1) is 7.66. The van der Waals surface area contributed by atoms with E-state index in [-0.39, 0.29) is 0 Å². The van der Waals surface area contributed by atoms with Crippen LogP contribution >= 0.6 is 0 Å². The van der Waals surface area contributed by atoms with Gasteiger partial charge in [-0.2, -0.15) is 0 Å². The van der Waals surface area contributed by atoms with Crippen LogP contribution in [-0.4, -0.2) is 48.7 Å². The molecule has 2 aliphatic rings. The number of amides is 2. The number of urea groups is 1. The van der Waals surface area contributed by atoms with Gasteiger partial charge in [0.05, 0.1) is 0 Å². The molecule has 0 aromatic carbocycles. The van der Waals surface area contributed by atoms with Gasteiger partial charge in [-0.25, -0.2) is 4.79 Å². The van der Waals surface area contributed by atoms with E-state index in [1.165, 1.54) is 19.3 Å². The van der Waals surface area contributed by atoms with E-state index in [1.807, 2.05) is 0 Å². The van der Waals surface area contributed by atoms with Crippen molar-refractivity contribution in [3.63, 3.8) is 0 Å². The highest BCUT2D eigenvalue weighted by Gasteiger charge is 2.38. The molecule has 92 valence electrons. The maximum Gasteiger partial charge on any atom is 0.312 e. The van der Waals surface area contributed by atoms with E-state index in [4.69, 9.17) is 5.73 Å². The number of rotatable bonds is 5. The second-order valence-corrected chi connectivity index (χ2v) is 4.95. The van der Waals surface area contributed by atoms with E-state index in [0.717, 1.165) is 19.1 Å². The third-order valence-electron chi connectivity index (χ3n) is 3.50. The smallest absolute Gasteiger partial charge is 0.312 e. The molecule has 0 aromatic heterocycles. The van der Waals surface area contributed by atoms with E-state index in [2.05, 4.69) is 22.5 Å². The monoisotopic (exact) mass is 226 g/mol. The van der Waals surface area contributed by atoms with Crippen LogP contribution in [-0.2, 0) is 0 Å². The number of likely N-dealkylation sites (tertiary alicyclic amines) is 1. The summed E-state index contributed by atoms with van der Waals surface area (Å²) in [5, 5.41) is 6.06. The summed E-state index contributed by atoms with van der Waals surface area (Å²) in [5.41, 5.74) is 4.99. The molecular weight excluding hydrogens is 204 g/mol. The predicted octanol–water partition coefficient (Wildman–Crippen LogP) is -0.130. The van der Waals surface area contributed by atoms with Crippen LogP contribution < -0.4 is 16.4 Å². The minimum absolute atomic E-state index is 0.443.